The third-order valence-electron chi connectivity index (χ3n) is 5.39. The fourth-order valence-corrected chi connectivity index (χ4v) is 5.52. The van der Waals surface area contributed by atoms with Crippen LogP contribution in [0.2, 0.25) is 0 Å². The first-order valence-electron chi connectivity index (χ1n) is 9.91. The fraction of sp³-hybridized carbons (Fsp3) is 0.208. The smallest absolute Gasteiger partial charge is 0.279 e. The highest BCUT2D eigenvalue weighted by Gasteiger charge is 2.40. The molecule has 4 rings (SSSR count). The van der Waals surface area contributed by atoms with E-state index < -0.39 is 16.1 Å². The summed E-state index contributed by atoms with van der Waals surface area (Å²) in [5.41, 5.74) is 2.96. The standard InChI is InChI=1S/C24H24N2O4S/c1-17-10-7-8-15-23(17)31(27,28)26-21(16-20(25-26)18-11-5-4-6-12-18)19-13-9-14-22(29-2)24(19)30-3/h4-15,21H,16H2,1-3H3/t21-/m0/s1. The minimum absolute atomic E-state index is 0.236. The Bertz CT molecular complexity index is 1220. The van der Waals surface area contributed by atoms with Gasteiger partial charge in [0.05, 0.1) is 30.9 Å². The lowest BCUT2D eigenvalue weighted by Gasteiger charge is -2.26. The van der Waals surface area contributed by atoms with Gasteiger partial charge in [0.25, 0.3) is 10.0 Å². The molecule has 3 aromatic rings. The van der Waals surface area contributed by atoms with Gasteiger partial charge >= 0.3 is 0 Å². The summed E-state index contributed by atoms with van der Waals surface area (Å²) in [6, 6.07) is 21.5. The van der Waals surface area contributed by atoms with Crippen molar-refractivity contribution in [3.63, 3.8) is 0 Å². The van der Waals surface area contributed by atoms with E-state index in [0.717, 1.165) is 5.56 Å². The summed E-state index contributed by atoms with van der Waals surface area (Å²) in [6.07, 6.45) is 0.415. The van der Waals surface area contributed by atoms with Crippen molar-refractivity contribution in [3.05, 3.63) is 89.5 Å². The Kier molecular flexibility index (Phi) is 5.69. The largest absolute Gasteiger partial charge is 0.493 e. The van der Waals surface area contributed by atoms with E-state index >= 15 is 0 Å². The molecule has 6 nitrogen and oxygen atoms in total. The molecule has 0 aromatic heterocycles. The van der Waals surface area contributed by atoms with Crippen LogP contribution in [0, 0.1) is 6.92 Å². The molecule has 160 valence electrons. The van der Waals surface area contributed by atoms with Crippen molar-refractivity contribution in [1.82, 2.24) is 4.41 Å². The minimum atomic E-state index is -3.90. The van der Waals surface area contributed by atoms with Crippen molar-refractivity contribution in [2.24, 2.45) is 5.10 Å². The number of para-hydroxylation sites is 1. The molecule has 1 aliphatic heterocycles. The van der Waals surface area contributed by atoms with Crippen molar-refractivity contribution in [2.45, 2.75) is 24.3 Å². The molecule has 1 aliphatic rings. The molecule has 0 bridgehead atoms. The van der Waals surface area contributed by atoms with Crippen molar-refractivity contribution in [3.8, 4) is 11.5 Å². The first-order chi connectivity index (χ1) is 15.0. The Morgan fingerprint density at radius 3 is 2.29 bits per heavy atom. The number of hydrogen-bond acceptors (Lipinski definition) is 5. The summed E-state index contributed by atoms with van der Waals surface area (Å²) < 4.78 is 39.7. The number of nitrogens with zero attached hydrogens (tertiary/aromatic N) is 2. The van der Waals surface area contributed by atoms with E-state index in [4.69, 9.17) is 9.47 Å². The van der Waals surface area contributed by atoms with E-state index in [9.17, 15) is 8.42 Å². The van der Waals surface area contributed by atoms with Crippen LogP contribution in [0.1, 0.15) is 29.2 Å². The highest BCUT2D eigenvalue weighted by molar-refractivity contribution is 7.89. The number of sulfonamides is 1. The monoisotopic (exact) mass is 436 g/mol. The third-order valence-corrected chi connectivity index (χ3v) is 7.23. The molecule has 7 heteroatoms. The van der Waals surface area contributed by atoms with Crippen LogP contribution in [0.15, 0.2) is 82.8 Å². The SMILES string of the molecule is COc1cccc([C@@H]2CC(c3ccccc3)=NN2S(=O)(=O)c2ccccc2C)c1OC. The average molecular weight is 437 g/mol. The van der Waals surface area contributed by atoms with Gasteiger partial charge in [-0.3, -0.25) is 0 Å². The molecular weight excluding hydrogens is 412 g/mol. The van der Waals surface area contributed by atoms with Gasteiger partial charge in [0.2, 0.25) is 0 Å². The number of rotatable bonds is 6. The molecule has 0 saturated heterocycles. The van der Waals surface area contributed by atoms with E-state index in [-0.39, 0.29) is 4.90 Å². The van der Waals surface area contributed by atoms with Gasteiger partial charge in [-0.2, -0.15) is 17.9 Å². The molecule has 0 radical (unpaired) electrons. The molecule has 1 heterocycles. The van der Waals surface area contributed by atoms with Gasteiger partial charge in [0, 0.05) is 12.0 Å². The molecular formula is C24H24N2O4S. The summed E-state index contributed by atoms with van der Waals surface area (Å²) in [6.45, 7) is 1.78. The number of hydrogen-bond donors (Lipinski definition) is 0. The predicted octanol–water partition coefficient (Wildman–Crippen LogP) is 4.55. The first kappa shape index (κ1) is 20.9. The molecule has 0 fully saturated rings. The molecule has 31 heavy (non-hydrogen) atoms. The van der Waals surface area contributed by atoms with Gasteiger partial charge in [-0.05, 0) is 30.2 Å². The Hall–Kier alpha value is -3.32. The van der Waals surface area contributed by atoms with E-state index in [1.807, 2.05) is 48.5 Å². The molecule has 0 unspecified atom stereocenters. The van der Waals surface area contributed by atoms with Crippen LogP contribution in [-0.2, 0) is 10.0 Å². The van der Waals surface area contributed by atoms with E-state index in [2.05, 4.69) is 5.10 Å². The van der Waals surface area contributed by atoms with Crippen molar-refractivity contribution in [2.75, 3.05) is 14.2 Å². The highest BCUT2D eigenvalue weighted by atomic mass is 32.2. The van der Waals surface area contributed by atoms with Gasteiger partial charge in [-0.15, -0.1) is 0 Å². The second-order valence-corrected chi connectivity index (χ2v) is 9.02. The highest BCUT2D eigenvalue weighted by Crippen LogP contribution is 2.44. The second-order valence-electron chi connectivity index (χ2n) is 7.26. The average Bonchev–Trinajstić information content (AvgIpc) is 3.25. The van der Waals surface area contributed by atoms with Crippen LogP contribution in [0.3, 0.4) is 0 Å². The Labute approximate surface area is 182 Å². The van der Waals surface area contributed by atoms with Crippen LogP contribution in [0.4, 0.5) is 0 Å². The number of benzene rings is 3. The van der Waals surface area contributed by atoms with E-state index in [1.165, 1.54) is 4.41 Å². The van der Waals surface area contributed by atoms with Crippen LogP contribution in [-0.4, -0.2) is 32.8 Å². The van der Waals surface area contributed by atoms with Crippen LogP contribution >= 0.6 is 0 Å². The van der Waals surface area contributed by atoms with Crippen molar-refractivity contribution in [1.29, 1.82) is 0 Å². The Balaban J connectivity index is 1.88. The number of ether oxygens (including phenoxy) is 2. The quantitative estimate of drug-likeness (QED) is 0.568. The summed E-state index contributed by atoms with van der Waals surface area (Å²) in [5.74, 6) is 1.05. The number of hydrazone groups is 1. The van der Waals surface area contributed by atoms with Crippen molar-refractivity contribution < 1.29 is 17.9 Å². The van der Waals surface area contributed by atoms with Gasteiger partial charge in [0.15, 0.2) is 11.5 Å². The second kappa shape index (κ2) is 8.43. The number of methoxy groups -OCH3 is 2. The molecule has 0 spiro atoms. The van der Waals surface area contributed by atoms with Gasteiger partial charge < -0.3 is 9.47 Å². The summed E-state index contributed by atoms with van der Waals surface area (Å²) in [4.78, 5) is 0.236. The van der Waals surface area contributed by atoms with E-state index in [1.54, 1.807) is 45.4 Å². The number of aryl methyl sites for hydroxylation is 1. The Morgan fingerprint density at radius 2 is 1.61 bits per heavy atom. The summed E-state index contributed by atoms with van der Waals surface area (Å²) in [5, 5.41) is 4.60. The molecule has 0 aliphatic carbocycles. The lowest BCUT2D eigenvalue weighted by atomic mass is 9.98. The lowest BCUT2D eigenvalue weighted by molar-refractivity contribution is 0.328. The molecule has 0 saturated carbocycles. The fourth-order valence-electron chi connectivity index (χ4n) is 3.87. The molecule has 1 atom stereocenters. The Morgan fingerprint density at radius 1 is 0.903 bits per heavy atom. The zero-order chi connectivity index (χ0) is 22.0. The van der Waals surface area contributed by atoms with Gasteiger partial charge in [-0.25, -0.2) is 0 Å². The maximum atomic E-state index is 13.7. The maximum absolute atomic E-state index is 13.7. The van der Waals surface area contributed by atoms with Gasteiger partial charge in [0.1, 0.15) is 0 Å². The van der Waals surface area contributed by atoms with Crippen LogP contribution in [0.5, 0.6) is 11.5 Å². The first-order valence-corrected chi connectivity index (χ1v) is 11.3. The van der Waals surface area contributed by atoms with Gasteiger partial charge in [-0.1, -0.05) is 60.7 Å². The normalized spacial score (nSPS) is 16.2. The topological polar surface area (TPSA) is 68.2 Å². The summed E-state index contributed by atoms with van der Waals surface area (Å²) in [7, 11) is -0.792. The molecule has 0 amide bonds. The minimum Gasteiger partial charge on any atom is -0.493 e. The van der Waals surface area contributed by atoms with Crippen LogP contribution in [0.25, 0.3) is 0 Å². The zero-order valence-corrected chi connectivity index (χ0v) is 18.5. The summed E-state index contributed by atoms with van der Waals surface area (Å²) >= 11 is 0. The molecule has 0 N–H and O–H groups in total. The van der Waals surface area contributed by atoms with Crippen molar-refractivity contribution >= 4 is 15.7 Å². The zero-order valence-electron chi connectivity index (χ0n) is 17.6. The third kappa shape index (κ3) is 3.77. The predicted molar refractivity (Wildman–Crippen MR) is 120 cm³/mol. The lowest BCUT2D eigenvalue weighted by Crippen LogP contribution is -2.28. The molecule has 3 aromatic carbocycles. The van der Waals surface area contributed by atoms with Crippen LogP contribution < -0.4 is 9.47 Å². The van der Waals surface area contributed by atoms with E-state index in [0.29, 0.717) is 34.8 Å². The maximum Gasteiger partial charge on any atom is 0.279 e.